The molecule has 0 spiro atoms. The Hall–Kier alpha value is -0.710. The molecule has 0 amide bonds. The maximum atomic E-state index is 10.7. The Labute approximate surface area is 137 Å². The first kappa shape index (κ1) is 21.6. The van der Waals surface area contributed by atoms with Gasteiger partial charge in [0.1, 0.15) is 0 Å². The predicted octanol–water partition coefficient (Wildman–Crippen LogP) is -2.50. The van der Waals surface area contributed by atoms with E-state index in [1.165, 1.54) is 0 Å². The molecule has 0 aromatic rings. The van der Waals surface area contributed by atoms with Crippen LogP contribution in [0.5, 0.6) is 0 Å². The molecule has 20 heavy (non-hydrogen) atoms. The van der Waals surface area contributed by atoms with Gasteiger partial charge in [0.15, 0.2) is 0 Å². The molecule has 5 N–H and O–H groups in total. The van der Waals surface area contributed by atoms with Gasteiger partial charge >= 0.3 is 17.9 Å². The quantitative estimate of drug-likeness (QED) is 0.261. The minimum Gasteiger partial charge on any atom is -0.480 e. The smallest absolute Gasteiger partial charge is 0.317 e. The SMILES string of the molecule is O=C(O)CNCC(CCO)N(CC(=O)O)CC(=O)O.[Na]. The first-order valence-electron chi connectivity index (χ1n) is 5.57. The molecular weight excluding hydrogens is 283 g/mol. The number of aliphatic carboxylic acids is 3. The van der Waals surface area contributed by atoms with Gasteiger partial charge in [0.2, 0.25) is 0 Å². The van der Waals surface area contributed by atoms with Gasteiger partial charge in [0, 0.05) is 48.8 Å². The van der Waals surface area contributed by atoms with Gasteiger partial charge in [-0.25, -0.2) is 0 Å². The zero-order valence-corrected chi connectivity index (χ0v) is 13.3. The molecule has 0 aromatic carbocycles. The van der Waals surface area contributed by atoms with Crippen molar-refractivity contribution in [2.75, 3.05) is 32.8 Å². The maximum absolute atomic E-state index is 10.7. The summed E-state index contributed by atoms with van der Waals surface area (Å²) in [5.74, 6) is -3.46. The van der Waals surface area contributed by atoms with Gasteiger partial charge in [-0.15, -0.1) is 0 Å². The normalized spacial score (nSPS) is 11.7. The molecule has 1 atom stereocenters. The van der Waals surface area contributed by atoms with Crippen LogP contribution in [0.4, 0.5) is 0 Å². The van der Waals surface area contributed by atoms with Crippen LogP contribution >= 0.6 is 0 Å². The number of rotatable bonds is 11. The second-order valence-corrected chi connectivity index (χ2v) is 3.88. The summed E-state index contributed by atoms with van der Waals surface area (Å²) in [5, 5.41) is 37.4. The van der Waals surface area contributed by atoms with E-state index in [1.807, 2.05) is 0 Å². The third kappa shape index (κ3) is 11.1. The van der Waals surface area contributed by atoms with E-state index >= 15 is 0 Å². The van der Waals surface area contributed by atoms with Gasteiger partial charge < -0.3 is 25.7 Å². The number of carbonyl (C=O) groups is 3. The third-order valence-electron chi connectivity index (χ3n) is 2.31. The van der Waals surface area contributed by atoms with Gasteiger partial charge in [-0.1, -0.05) is 0 Å². The molecule has 0 aliphatic heterocycles. The number of carboxylic acid groups (broad SMARTS) is 3. The molecule has 10 heteroatoms. The van der Waals surface area contributed by atoms with Crippen LogP contribution in [0.3, 0.4) is 0 Å². The topological polar surface area (TPSA) is 147 Å². The number of aliphatic hydroxyl groups is 1. The van der Waals surface area contributed by atoms with E-state index in [0.717, 1.165) is 4.90 Å². The summed E-state index contributed by atoms with van der Waals surface area (Å²) in [6, 6.07) is -0.573. The van der Waals surface area contributed by atoms with Crippen molar-refractivity contribution in [3.8, 4) is 0 Å². The largest absolute Gasteiger partial charge is 0.480 e. The summed E-state index contributed by atoms with van der Waals surface area (Å²) < 4.78 is 0. The van der Waals surface area contributed by atoms with E-state index in [-0.39, 0.29) is 55.7 Å². The number of nitrogens with one attached hydrogen (secondary N) is 1. The van der Waals surface area contributed by atoms with Crippen LogP contribution in [0.15, 0.2) is 0 Å². The van der Waals surface area contributed by atoms with Crippen molar-refractivity contribution in [3.05, 3.63) is 0 Å². The maximum Gasteiger partial charge on any atom is 0.317 e. The zero-order chi connectivity index (χ0) is 14.8. The molecule has 9 nitrogen and oxygen atoms in total. The molecular formula is C10H18N2NaO7. The summed E-state index contributed by atoms with van der Waals surface area (Å²) in [7, 11) is 0. The fraction of sp³-hybridized carbons (Fsp3) is 0.700. The van der Waals surface area contributed by atoms with Crippen LogP contribution in [0.1, 0.15) is 6.42 Å². The summed E-state index contributed by atoms with van der Waals surface area (Å²) in [6.45, 7) is -1.49. The Balaban J connectivity index is 0. The molecule has 0 fully saturated rings. The molecule has 0 bridgehead atoms. The molecule has 111 valence electrons. The molecule has 0 aliphatic carbocycles. The monoisotopic (exact) mass is 301 g/mol. The van der Waals surface area contributed by atoms with E-state index in [2.05, 4.69) is 5.32 Å². The summed E-state index contributed by atoms with van der Waals surface area (Å²) in [6.07, 6.45) is 0.146. The third-order valence-corrected chi connectivity index (χ3v) is 2.31. The molecule has 0 saturated heterocycles. The molecule has 0 aromatic heterocycles. The zero-order valence-electron chi connectivity index (χ0n) is 11.3. The van der Waals surface area contributed by atoms with E-state index < -0.39 is 37.0 Å². The molecule has 0 heterocycles. The summed E-state index contributed by atoms with van der Waals surface area (Å²) in [5.41, 5.74) is 0. The van der Waals surface area contributed by atoms with Crippen molar-refractivity contribution in [2.24, 2.45) is 0 Å². The van der Waals surface area contributed by atoms with Crippen molar-refractivity contribution >= 4 is 47.5 Å². The van der Waals surface area contributed by atoms with Crippen LogP contribution < -0.4 is 5.32 Å². The fourth-order valence-corrected chi connectivity index (χ4v) is 1.57. The van der Waals surface area contributed by atoms with Crippen molar-refractivity contribution < 1.29 is 34.8 Å². The van der Waals surface area contributed by atoms with Crippen molar-refractivity contribution in [3.63, 3.8) is 0 Å². The van der Waals surface area contributed by atoms with E-state index in [4.69, 9.17) is 20.4 Å². The van der Waals surface area contributed by atoms with Gasteiger partial charge in [-0.05, 0) is 6.42 Å². The van der Waals surface area contributed by atoms with Crippen molar-refractivity contribution in [1.82, 2.24) is 10.2 Å². The summed E-state index contributed by atoms with van der Waals surface area (Å²) in [4.78, 5) is 32.9. The standard InChI is InChI=1S/C10H18N2O7.Na/c13-2-1-7(3-11-4-8(14)15)12(5-9(16)17)6-10(18)19;/h7,11,13H,1-6H2,(H,14,15)(H,16,17)(H,18,19);. The van der Waals surface area contributed by atoms with Gasteiger partial charge in [-0.3, -0.25) is 19.3 Å². The fourth-order valence-electron chi connectivity index (χ4n) is 1.57. The first-order chi connectivity index (χ1) is 8.86. The van der Waals surface area contributed by atoms with Crippen LogP contribution in [0.2, 0.25) is 0 Å². The average molecular weight is 301 g/mol. The van der Waals surface area contributed by atoms with E-state index in [9.17, 15) is 14.4 Å². The minimum atomic E-state index is -1.19. The van der Waals surface area contributed by atoms with E-state index in [0.29, 0.717) is 0 Å². The van der Waals surface area contributed by atoms with E-state index in [1.54, 1.807) is 0 Å². The molecule has 1 unspecified atom stereocenters. The second-order valence-electron chi connectivity index (χ2n) is 3.88. The van der Waals surface area contributed by atoms with Crippen LogP contribution in [0.25, 0.3) is 0 Å². The van der Waals surface area contributed by atoms with Gasteiger partial charge in [0.25, 0.3) is 0 Å². The Morgan fingerprint density at radius 2 is 1.50 bits per heavy atom. The number of hydrogen-bond donors (Lipinski definition) is 5. The predicted molar refractivity (Wildman–Crippen MR) is 68.6 cm³/mol. The molecule has 1 radical (unpaired) electrons. The average Bonchev–Trinajstić information content (AvgIpc) is 2.25. The Kier molecular flexibility index (Phi) is 13.0. The van der Waals surface area contributed by atoms with Crippen molar-refractivity contribution in [2.45, 2.75) is 12.5 Å². The van der Waals surface area contributed by atoms with Crippen LogP contribution in [0, 0.1) is 0 Å². The summed E-state index contributed by atoms with van der Waals surface area (Å²) >= 11 is 0. The van der Waals surface area contributed by atoms with Gasteiger partial charge in [0.05, 0.1) is 19.6 Å². The molecule has 0 saturated carbocycles. The van der Waals surface area contributed by atoms with Crippen molar-refractivity contribution in [1.29, 1.82) is 0 Å². The van der Waals surface area contributed by atoms with Crippen LogP contribution in [-0.2, 0) is 14.4 Å². The Morgan fingerprint density at radius 3 is 1.85 bits per heavy atom. The second kappa shape index (κ2) is 12.1. The number of nitrogens with zero attached hydrogens (tertiary/aromatic N) is 1. The number of carboxylic acids is 3. The first-order valence-corrected chi connectivity index (χ1v) is 5.57. The minimum absolute atomic E-state index is 0. The molecule has 0 aliphatic rings. The Morgan fingerprint density at radius 1 is 1.00 bits per heavy atom. The number of aliphatic hydroxyl groups excluding tert-OH is 1. The van der Waals surface area contributed by atoms with Gasteiger partial charge in [-0.2, -0.15) is 0 Å². The van der Waals surface area contributed by atoms with Crippen LogP contribution in [-0.4, -0.2) is 112 Å². The Bertz CT molecular complexity index is 311. The molecule has 0 rings (SSSR count). The number of hydrogen-bond acceptors (Lipinski definition) is 6.